The van der Waals surface area contributed by atoms with Crippen LogP contribution >= 0.6 is 11.3 Å². The van der Waals surface area contributed by atoms with Gasteiger partial charge in [0.15, 0.2) is 5.13 Å². The number of rotatable bonds is 3. The average molecular weight is 247 g/mol. The lowest BCUT2D eigenvalue weighted by Crippen LogP contribution is -2.09. The first kappa shape index (κ1) is 12.1. The smallest absolute Gasteiger partial charge is 0.189 e. The summed E-state index contributed by atoms with van der Waals surface area (Å²) in [5.41, 5.74) is 9.36. The van der Waals surface area contributed by atoms with Gasteiger partial charge < -0.3 is 10.6 Å². The van der Waals surface area contributed by atoms with Crippen LogP contribution in [0.4, 0.5) is 10.8 Å². The summed E-state index contributed by atoms with van der Waals surface area (Å²) in [5, 5.41) is 0.980. The van der Waals surface area contributed by atoms with Crippen molar-refractivity contribution in [2.45, 2.75) is 20.4 Å². The molecule has 0 unspecified atom stereocenters. The van der Waals surface area contributed by atoms with Gasteiger partial charge in [-0.2, -0.15) is 0 Å². The first-order valence-corrected chi connectivity index (χ1v) is 6.39. The number of nitrogens with two attached hydrogens (primary N) is 1. The Labute approximate surface area is 106 Å². The molecule has 0 atom stereocenters. The van der Waals surface area contributed by atoms with E-state index in [1.165, 1.54) is 11.1 Å². The molecule has 2 aromatic rings. The molecule has 0 radical (unpaired) electrons. The molecule has 3 nitrogen and oxygen atoms in total. The number of hydrogen-bond acceptors (Lipinski definition) is 4. The molecule has 2 N–H and O–H groups in total. The number of benzene rings is 1. The molecule has 0 fully saturated rings. The molecule has 0 bridgehead atoms. The summed E-state index contributed by atoms with van der Waals surface area (Å²) < 4.78 is 0. The maximum atomic E-state index is 5.60. The van der Waals surface area contributed by atoms with Crippen LogP contribution in [0, 0.1) is 13.8 Å². The third-order valence-corrected chi connectivity index (χ3v) is 4.00. The predicted octanol–water partition coefficient (Wildman–Crippen LogP) is 2.99. The van der Waals surface area contributed by atoms with Crippen molar-refractivity contribution in [2.75, 3.05) is 11.9 Å². The zero-order valence-electron chi connectivity index (χ0n) is 10.4. The van der Waals surface area contributed by atoms with Crippen molar-refractivity contribution in [2.24, 2.45) is 5.73 Å². The van der Waals surface area contributed by atoms with E-state index in [-0.39, 0.29) is 0 Å². The molecule has 2 rings (SSSR count). The highest BCUT2D eigenvalue weighted by molar-refractivity contribution is 7.15. The van der Waals surface area contributed by atoms with Crippen LogP contribution in [-0.2, 0) is 6.54 Å². The fourth-order valence-electron chi connectivity index (χ4n) is 1.59. The third kappa shape index (κ3) is 2.48. The van der Waals surface area contributed by atoms with E-state index in [1.807, 2.05) is 13.2 Å². The number of nitrogens with zero attached hydrogens (tertiary/aromatic N) is 2. The average Bonchev–Trinajstić information content (AvgIpc) is 2.80. The second-order valence-corrected chi connectivity index (χ2v) is 5.23. The Morgan fingerprint density at radius 3 is 2.65 bits per heavy atom. The van der Waals surface area contributed by atoms with E-state index in [0.29, 0.717) is 6.54 Å². The van der Waals surface area contributed by atoms with Crippen molar-refractivity contribution in [1.82, 2.24) is 4.98 Å². The van der Waals surface area contributed by atoms with Gasteiger partial charge in [-0.3, -0.25) is 0 Å². The third-order valence-electron chi connectivity index (χ3n) is 2.91. The van der Waals surface area contributed by atoms with Crippen molar-refractivity contribution in [3.63, 3.8) is 0 Å². The van der Waals surface area contributed by atoms with Gasteiger partial charge in [0.25, 0.3) is 0 Å². The molecule has 0 aliphatic rings. The lowest BCUT2D eigenvalue weighted by atomic mass is 10.1. The summed E-state index contributed by atoms with van der Waals surface area (Å²) >= 11 is 1.64. The molecule has 0 saturated heterocycles. The SMILES string of the molecule is Cc1ccc(N(C)c2ncc(CN)s2)cc1C. The monoisotopic (exact) mass is 247 g/mol. The Morgan fingerprint density at radius 2 is 2.06 bits per heavy atom. The first-order chi connectivity index (χ1) is 8.11. The zero-order chi connectivity index (χ0) is 12.4. The van der Waals surface area contributed by atoms with E-state index in [9.17, 15) is 0 Å². The van der Waals surface area contributed by atoms with E-state index >= 15 is 0 Å². The maximum Gasteiger partial charge on any atom is 0.189 e. The Kier molecular flexibility index (Phi) is 3.45. The van der Waals surface area contributed by atoms with Crippen molar-refractivity contribution >= 4 is 22.2 Å². The highest BCUT2D eigenvalue weighted by atomic mass is 32.1. The maximum absolute atomic E-state index is 5.60. The van der Waals surface area contributed by atoms with Crippen LogP contribution in [0.3, 0.4) is 0 Å². The first-order valence-electron chi connectivity index (χ1n) is 5.57. The van der Waals surface area contributed by atoms with Gasteiger partial charge in [0.1, 0.15) is 0 Å². The molecule has 90 valence electrons. The molecule has 1 aromatic heterocycles. The highest BCUT2D eigenvalue weighted by Gasteiger charge is 2.09. The van der Waals surface area contributed by atoms with Crippen LogP contribution in [-0.4, -0.2) is 12.0 Å². The number of hydrogen-bond donors (Lipinski definition) is 1. The molecule has 17 heavy (non-hydrogen) atoms. The Morgan fingerprint density at radius 1 is 1.29 bits per heavy atom. The molecular weight excluding hydrogens is 230 g/mol. The molecular formula is C13H17N3S. The van der Waals surface area contributed by atoms with Gasteiger partial charge in [0, 0.05) is 30.4 Å². The summed E-state index contributed by atoms with van der Waals surface area (Å²) in [6.45, 7) is 4.80. The van der Waals surface area contributed by atoms with Crippen molar-refractivity contribution in [3.05, 3.63) is 40.4 Å². The highest BCUT2D eigenvalue weighted by Crippen LogP contribution is 2.28. The zero-order valence-corrected chi connectivity index (χ0v) is 11.2. The van der Waals surface area contributed by atoms with Crippen molar-refractivity contribution in [3.8, 4) is 0 Å². The Balaban J connectivity index is 2.29. The molecule has 0 spiro atoms. The summed E-state index contributed by atoms with van der Waals surface area (Å²) in [6.07, 6.45) is 1.84. The van der Waals surface area contributed by atoms with Crippen LogP contribution in [0.25, 0.3) is 0 Å². The molecule has 0 amide bonds. The minimum Gasteiger partial charge on any atom is -0.326 e. The van der Waals surface area contributed by atoms with Crippen LogP contribution in [0.2, 0.25) is 0 Å². The summed E-state index contributed by atoms with van der Waals surface area (Å²) in [4.78, 5) is 7.58. The van der Waals surface area contributed by atoms with Gasteiger partial charge in [-0.15, -0.1) is 11.3 Å². The normalized spacial score (nSPS) is 10.6. The van der Waals surface area contributed by atoms with Crippen molar-refractivity contribution < 1.29 is 0 Å². The quantitative estimate of drug-likeness (QED) is 0.906. The molecule has 1 aromatic carbocycles. The minimum absolute atomic E-state index is 0.554. The minimum atomic E-state index is 0.554. The van der Waals surface area contributed by atoms with E-state index < -0.39 is 0 Å². The van der Waals surface area contributed by atoms with Gasteiger partial charge in [-0.1, -0.05) is 6.07 Å². The molecule has 0 aliphatic heterocycles. The van der Waals surface area contributed by atoms with Gasteiger partial charge in [0.2, 0.25) is 0 Å². The largest absolute Gasteiger partial charge is 0.326 e. The van der Waals surface area contributed by atoms with Gasteiger partial charge >= 0.3 is 0 Å². The standard InChI is InChI=1S/C13H17N3S/c1-9-4-5-11(6-10(9)2)16(3)13-15-8-12(7-14)17-13/h4-6,8H,7,14H2,1-3H3. The number of aryl methyl sites for hydroxylation is 2. The molecule has 0 saturated carbocycles. The second kappa shape index (κ2) is 4.85. The van der Waals surface area contributed by atoms with Gasteiger partial charge in [-0.25, -0.2) is 4.98 Å². The summed E-state index contributed by atoms with van der Waals surface area (Å²) in [7, 11) is 2.03. The second-order valence-electron chi connectivity index (χ2n) is 4.14. The summed E-state index contributed by atoms with van der Waals surface area (Å²) in [6, 6.07) is 6.43. The van der Waals surface area contributed by atoms with Crippen LogP contribution < -0.4 is 10.6 Å². The topological polar surface area (TPSA) is 42.2 Å². The van der Waals surface area contributed by atoms with Crippen molar-refractivity contribution in [1.29, 1.82) is 0 Å². The summed E-state index contributed by atoms with van der Waals surface area (Å²) in [5.74, 6) is 0. The molecule has 4 heteroatoms. The van der Waals surface area contributed by atoms with E-state index in [0.717, 1.165) is 15.7 Å². The van der Waals surface area contributed by atoms with E-state index in [2.05, 4.69) is 41.9 Å². The number of anilines is 2. The molecule has 1 heterocycles. The number of aromatic nitrogens is 1. The van der Waals surface area contributed by atoms with Crippen LogP contribution in [0.15, 0.2) is 24.4 Å². The Bertz CT molecular complexity index is 519. The fraction of sp³-hybridized carbons (Fsp3) is 0.308. The fourth-order valence-corrected chi connectivity index (χ4v) is 2.36. The van der Waals surface area contributed by atoms with E-state index in [4.69, 9.17) is 5.73 Å². The lowest BCUT2D eigenvalue weighted by molar-refractivity contribution is 1.09. The van der Waals surface area contributed by atoms with E-state index in [1.54, 1.807) is 11.3 Å². The molecule has 0 aliphatic carbocycles. The Hall–Kier alpha value is -1.39. The van der Waals surface area contributed by atoms with Gasteiger partial charge in [-0.05, 0) is 37.1 Å². The lowest BCUT2D eigenvalue weighted by Gasteiger charge is -2.17. The van der Waals surface area contributed by atoms with Gasteiger partial charge in [0.05, 0.1) is 0 Å². The predicted molar refractivity (Wildman–Crippen MR) is 74.0 cm³/mol. The van der Waals surface area contributed by atoms with Crippen LogP contribution in [0.1, 0.15) is 16.0 Å². The van der Waals surface area contributed by atoms with Crippen LogP contribution in [0.5, 0.6) is 0 Å². The number of thiazole rings is 1.